The van der Waals surface area contributed by atoms with Crippen LogP contribution in [0, 0.1) is 6.92 Å². The number of benzene rings is 2. The van der Waals surface area contributed by atoms with Gasteiger partial charge in [-0.05, 0) is 36.2 Å². The van der Waals surface area contributed by atoms with Crippen LogP contribution in [0.25, 0.3) is 0 Å². The predicted molar refractivity (Wildman–Crippen MR) is 89.2 cm³/mol. The normalized spacial score (nSPS) is 11.9. The average Bonchev–Trinajstić information content (AvgIpc) is 3.10. The first-order chi connectivity index (χ1) is 12.5. The summed E-state index contributed by atoms with van der Waals surface area (Å²) in [5.41, 5.74) is 1.01. The summed E-state index contributed by atoms with van der Waals surface area (Å²) in [4.78, 5) is 23.8. The van der Waals surface area contributed by atoms with E-state index in [2.05, 4.69) is 5.32 Å². The van der Waals surface area contributed by atoms with E-state index >= 15 is 0 Å². The van der Waals surface area contributed by atoms with E-state index in [9.17, 15) is 19.8 Å². The average molecular weight is 359 g/mol. The number of fused-ring (bicyclic) bond motifs is 1. The predicted octanol–water partition coefficient (Wildman–Crippen LogP) is 1.61. The number of hydrogen-bond donors (Lipinski definition) is 3. The smallest absolute Gasteiger partial charge is 0.342 e. The lowest BCUT2D eigenvalue weighted by Gasteiger charge is -2.09. The highest BCUT2D eigenvalue weighted by molar-refractivity contribution is 5.94. The van der Waals surface area contributed by atoms with E-state index in [-0.39, 0.29) is 18.9 Å². The number of carbonyl (C=O) groups excluding carboxylic acids is 2. The standard InChI is InChI=1S/C18H17NO7/c1-10-2-4-12(17(22)16(10)21)18(23)24-8-15(20)19-7-11-3-5-13-14(6-11)26-9-25-13/h2-6,21-22H,7-9H2,1H3,(H,19,20). The van der Waals surface area contributed by atoms with Gasteiger partial charge in [0.1, 0.15) is 5.56 Å². The lowest BCUT2D eigenvalue weighted by Crippen LogP contribution is -2.28. The van der Waals surface area contributed by atoms with Crippen molar-refractivity contribution in [1.29, 1.82) is 0 Å². The van der Waals surface area contributed by atoms with Gasteiger partial charge in [-0.25, -0.2) is 4.79 Å². The molecule has 1 aliphatic rings. The van der Waals surface area contributed by atoms with Crippen LogP contribution in [0.3, 0.4) is 0 Å². The fourth-order valence-electron chi connectivity index (χ4n) is 2.36. The molecule has 26 heavy (non-hydrogen) atoms. The lowest BCUT2D eigenvalue weighted by atomic mass is 10.1. The van der Waals surface area contributed by atoms with E-state index < -0.39 is 30.0 Å². The molecular weight excluding hydrogens is 342 g/mol. The Morgan fingerprint density at radius 3 is 2.69 bits per heavy atom. The Morgan fingerprint density at radius 1 is 1.12 bits per heavy atom. The number of phenolic OH excluding ortho intramolecular Hbond substituents is 2. The molecule has 0 fully saturated rings. The molecule has 8 heteroatoms. The summed E-state index contributed by atoms with van der Waals surface area (Å²) in [6, 6.07) is 8.06. The number of hydrogen-bond acceptors (Lipinski definition) is 7. The number of rotatable bonds is 5. The van der Waals surface area contributed by atoms with Crippen molar-refractivity contribution in [1.82, 2.24) is 5.32 Å². The molecule has 0 radical (unpaired) electrons. The zero-order valence-corrected chi connectivity index (χ0v) is 13.9. The minimum absolute atomic E-state index is 0.169. The Labute approximate surface area is 148 Å². The van der Waals surface area contributed by atoms with Gasteiger partial charge in [-0.1, -0.05) is 12.1 Å². The first-order valence-corrected chi connectivity index (χ1v) is 7.79. The molecule has 0 unspecified atom stereocenters. The molecule has 2 aromatic carbocycles. The van der Waals surface area contributed by atoms with Crippen LogP contribution in [-0.2, 0) is 16.1 Å². The van der Waals surface area contributed by atoms with E-state index in [0.717, 1.165) is 5.56 Å². The molecule has 0 aliphatic carbocycles. The van der Waals surface area contributed by atoms with Crippen molar-refractivity contribution in [2.24, 2.45) is 0 Å². The highest BCUT2D eigenvalue weighted by Gasteiger charge is 2.18. The van der Waals surface area contributed by atoms with Crippen LogP contribution in [0.2, 0.25) is 0 Å². The molecule has 0 bridgehead atoms. The molecule has 3 N–H and O–H groups in total. The second-order valence-electron chi connectivity index (χ2n) is 5.67. The van der Waals surface area contributed by atoms with Crippen molar-refractivity contribution in [3.8, 4) is 23.0 Å². The summed E-state index contributed by atoms with van der Waals surface area (Å²) in [5.74, 6) is -1.13. The van der Waals surface area contributed by atoms with Crippen molar-refractivity contribution in [3.63, 3.8) is 0 Å². The number of nitrogens with one attached hydrogen (secondary N) is 1. The number of ether oxygens (including phenoxy) is 3. The van der Waals surface area contributed by atoms with Crippen LogP contribution in [-0.4, -0.2) is 35.5 Å². The Hall–Kier alpha value is -3.42. The summed E-state index contributed by atoms with van der Waals surface area (Å²) in [6.45, 7) is 1.46. The lowest BCUT2D eigenvalue weighted by molar-refractivity contribution is -0.124. The topological polar surface area (TPSA) is 114 Å². The van der Waals surface area contributed by atoms with Crippen molar-refractivity contribution in [3.05, 3.63) is 47.0 Å². The first kappa shape index (κ1) is 17.4. The van der Waals surface area contributed by atoms with Gasteiger partial charge in [0.2, 0.25) is 6.79 Å². The van der Waals surface area contributed by atoms with Gasteiger partial charge in [-0.15, -0.1) is 0 Å². The fourth-order valence-corrected chi connectivity index (χ4v) is 2.36. The van der Waals surface area contributed by atoms with E-state index in [1.165, 1.54) is 12.1 Å². The van der Waals surface area contributed by atoms with Crippen LogP contribution in [0.15, 0.2) is 30.3 Å². The van der Waals surface area contributed by atoms with Crippen molar-refractivity contribution < 1.29 is 34.0 Å². The van der Waals surface area contributed by atoms with Crippen molar-refractivity contribution in [2.45, 2.75) is 13.5 Å². The van der Waals surface area contributed by atoms with Gasteiger partial charge in [-0.3, -0.25) is 4.79 Å². The van der Waals surface area contributed by atoms with E-state index in [1.54, 1.807) is 25.1 Å². The number of esters is 1. The van der Waals surface area contributed by atoms with Crippen molar-refractivity contribution in [2.75, 3.05) is 13.4 Å². The SMILES string of the molecule is Cc1ccc(C(=O)OCC(=O)NCc2ccc3c(c2)OCO3)c(O)c1O. The monoisotopic (exact) mass is 359 g/mol. The van der Waals surface area contributed by atoms with Gasteiger partial charge in [-0.2, -0.15) is 0 Å². The van der Waals surface area contributed by atoms with Gasteiger partial charge in [0.25, 0.3) is 5.91 Å². The molecule has 0 atom stereocenters. The molecule has 1 heterocycles. The zero-order valence-electron chi connectivity index (χ0n) is 13.9. The summed E-state index contributed by atoms with van der Waals surface area (Å²) in [6.07, 6.45) is 0. The van der Waals surface area contributed by atoms with Gasteiger partial charge in [0.05, 0.1) is 0 Å². The number of aryl methyl sites for hydroxylation is 1. The molecular formula is C18H17NO7. The Balaban J connectivity index is 1.51. The molecule has 2 aromatic rings. The Kier molecular flexibility index (Phi) is 4.83. The second kappa shape index (κ2) is 7.22. The first-order valence-electron chi connectivity index (χ1n) is 7.79. The molecule has 136 valence electrons. The third kappa shape index (κ3) is 3.64. The zero-order chi connectivity index (χ0) is 18.7. The minimum atomic E-state index is -0.906. The second-order valence-corrected chi connectivity index (χ2v) is 5.67. The maximum absolute atomic E-state index is 11.9. The highest BCUT2D eigenvalue weighted by atomic mass is 16.7. The molecule has 3 rings (SSSR count). The molecule has 0 saturated heterocycles. The number of aromatic hydroxyl groups is 2. The van der Waals surface area contributed by atoms with Crippen molar-refractivity contribution >= 4 is 11.9 Å². The number of phenols is 2. The molecule has 8 nitrogen and oxygen atoms in total. The molecule has 1 aliphatic heterocycles. The van der Waals surface area contributed by atoms with E-state index in [4.69, 9.17) is 14.2 Å². The van der Waals surface area contributed by atoms with Gasteiger partial charge < -0.3 is 29.7 Å². The quantitative estimate of drug-likeness (QED) is 0.549. The van der Waals surface area contributed by atoms with Gasteiger partial charge >= 0.3 is 5.97 Å². The Bertz CT molecular complexity index is 863. The summed E-state index contributed by atoms with van der Waals surface area (Å²) in [5, 5.41) is 22.0. The highest BCUT2D eigenvalue weighted by Crippen LogP contribution is 2.33. The van der Waals surface area contributed by atoms with Crippen LogP contribution < -0.4 is 14.8 Å². The van der Waals surface area contributed by atoms with Gasteiger partial charge in [0.15, 0.2) is 29.6 Å². The van der Waals surface area contributed by atoms with E-state index in [1.807, 2.05) is 0 Å². The maximum Gasteiger partial charge on any atom is 0.342 e. The third-order valence-electron chi connectivity index (χ3n) is 3.83. The maximum atomic E-state index is 11.9. The molecule has 1 amide bonds. The number of carbonyl (C=O) groups is 2. The largest absolute Gasteiger partial charge is 0.504 e. The third-order valence-corrected chi connectivity index (χ3v) is 3.83. The van der Waals surface area contributed by atoms with Crippen LogP contribution in [0.5, 0.6) is 23.0 Å². The van der Waals surface area contributed by atoms with Crippen LogP contribution >= 0.6 is 0 Å². The molecule has 0 saturated carbocycles. The molecule has 0 aromatic heterocycles. The van der Waals surface area contributed by atoms with Gasteiger partial charge in [0, 0.05) is 6.54 Å². The molecule has 0 spiro atoms. The number of amides is 1. The summed E-state index contributed by atoms with van der Waals surface area (Å²) in [7, 11) is 0. The van der Waals surface area contributed by atoms with E-state index in [0.29, 0.717) is 17.1 Å². The van der Waals surface area contributed by atoms with Crippen LogP contribution in [0.4, 0.5) is 0 Å². The Morgan fingerprint density at radius 2 is 1.88 bits per heavy atom. The summed E-state index contributed by atoms with van der Waals surface area (Å²) >= 11 is 0. The minimum Gasteiger partial charge on any atom is -0.504 e. The fraction of sp³-hybridized carbons (Fsp3) is 0.222. The summed E-state index contributed by atoms with van der Waals surface area (Å²) < 4.78 is 15.3. The van der Waals surface area contributed by atoms with Crippen LogP contribution in [0.1, 0.15) is 21.5 Å².